The van der Waals surface area contributed by atoms with Gasteiger partial charge in [0, 0.05) is 19.2 Å². The molecule has 1 aromatic rings. The van der Waals surface area contributed by atoms with Gasteiger partial charge in [0.15, 0.2) is 17.4 Å². The number of hydrogen-bond donors (Lipinski definition) is 0. The lowest BCUT2D eigenvalue weighted by atomic mass is 10.1. The standard InChI is InChI=1S/C18H26N2O6S/c1-18(2)12-26-17(19-18)10-13-9-14(23-3)15(24-4)11-16(13)27(21,22)20-5-7-25-8-6-20/h9,11H,5-8,10,12H2,1-4H3. The van der Waals surface area contributed by atoms with Gasteiger partial charge in [0.2, 0.25) is 10.0 Å². The summed E-state index contributed by atoms with van der Waals surface area (Å²) in [5, 5.41) is 0. The lowest BCUT2D eigenvalue weighted by molar-refractivity contribution is 0.0730. The Balaban J connectivity index is 2.05. The van der Waals surface area contributed by atoms with Crippen LogP contribution in [-0.2, 0) is 25.9 Å². The van der Waals surface area contributed by atoms with Gasteiger partial charge < -0.3 is 18.9 Å². The van der Waals surface area contributed by atoms with Gasteiger partial charge in [0.05, 0.1) is 44.3 Å². The van der Waals surface area contributed by atoms with Crippen LogP contribution in [0.5, 0.6) is 11.5 Å². The van der Waals surface area contributed by atoms with Gasteiger partial charge in [-0.15, -0.1) is 0 Å². The quantitative estimate of drug-likeness (QED) is 0.721. The van der Waals surface area contributed by atoms with Gasteiger partial charge in [-0.3, -0.25) is 0 Å². The molecule has 0 spiro atoms. The number of morpholine rings is 1. The fourth-order valence-electron chi connectivity index (χ4n) is 3.12. The van der Waals surface area contributed by atoms with Crippen molar-refractivity contribution in [3.63, 3.8) is 0 Å². The van der Waals surface area contributed by atoms with Crippen LogP contribution >= 0.6 is 0 Å². The summed E-state index contributed by atoms with van der Waals surface area (Å²) < 4.78 is 49.6. The number of aliphatic imine (C=N–C) groups is 1. The summed E-state index contributed by atoms with van der Waals surface area (Å²) >= 11 is 0. The molecular weight excluding hydrogens is 372 g/mol. The van der Waals surface area contributed by atoms with Crippen LogP contribution in [-0.4, -0.2) is 71.3 Å². The average molecular weight is 398 g/mol. The zero-order valence-corrected chi connectivity index (χ0v) is 17.0. The summed E-state index contributed by atoms with van der Waals surface area (Å²) in [7, 11) is -0.714. The third-order valence-corrected chi connectivity index (χ3v) is 6.50. The Morgan fingerprint density at radius 1 is 1.15 bits per heavy atom. The molecule has 9 heteroatoms. The molecule has 1 fully saturated rings. The van der Waals surface area contributed by atoms with E-state index in [1.54, 1.807) is 6.07 Å². The van der Waals surface area contributed by atoms with Crippen LogP contribution in [0, 0.1) is 0 Å². The number of hydrogen-bond acceptors (Lipinski definition) is 7. The highest BCUT2D eigenvalue weighted by atomic mass is 32.2. The summed E-state index contributed by atoms with van der Waals surface area (Å²) in [6.45, 7) is 5.82. The molecule has 2 heterocycles. The topological polar surface area (TPSA) is 86.7 Å². The number of ether oxygens (including phenoxy) is 4. The van der Waals surface area contributed by atoms with Gasteiger partial charge >= 0.3 is 0 Å². The van der Waals surface area contributed by atoms with Gasteiger partial charge in [-0.2, -0.15) is 4.31 Å². The number of sulfonamides is 1. The molecule has 8 nitrogen and oxygen atoms in total. The molecule has 1 saturated heterocycles. The van der Waals surface area contributed by atoms with Crippen LogP contribution in [0.25, 0.3) is 0 Å². The molecule has 2 aliphatic heterocycles. The average Bonchev–Trinajstić information content (AvgIpc) is 3.00. The molecular formula is C18H26N2O6S. The third kappa shape index (κ3) is 4.20. The number of rotatable bonds is 6. The summed E-state index contributed by atoms with van der Waals surface area (Å²) in [4.78, 5) is 4.72. The van der Waals surface area contributed by atoms with Gasteiger partial charge in [-0.05, 0) is 25.5 Å². The zero-order valence-electron chi connectivity index (χ0n) is 16.1. The maximum Gasteiger partial charge on any atom is 0.243 e. The Kier molecular flexibility index (Phi) is 5.64. The largest absolute Gasteiger partial charge is 0.493 e. The van der Waals surface area contributed by atoms with Gasteiger partial charge in [0.25, 0.3) is 0 Å². The number of methoxy groups -OCH3 is 2. The maximum atomic E-state index is 13.3. The Morgan fingerprint density at radius 3 is 2.33 bits per heavy atom. The van der Waals surface area contributed by atoms with Crippen LogP contribution in [0.1, 0.15) is 19.4 Å². The van der Waals surface area contributed by atoms with Crippen LogP contribution in [0.3, 0.4) is 0 Å². The van der Waals surface area contributed by atoms with Crippen molar-refractivity contribution in [2.45, 2.75) is 30.7 Å². The first-order valence-corrected chi connectivity index (χ1v) is 10.3. The summed E-state index contributed by atoms with van der Waals surface area (Å²) in [5.74, 6) is 1.35. The molecule has 0 N–H and O–H groups in total. The van der Waals surface area contributed by atoms with Crippen LogP contribution < -0.4 is 9.47 Å². The third-order valence-electron chi connectivity index (χ3n) is 4.52. The molecule has 27 heavy (non-hydrogen) atoms. The molecule has 0 unspecified atom stereocenters. The van der Waals surface area contributed by atoms with Gasteiger partial charge in [-0.25, -0.2) is 13.4 Å². The molecule has 0 atom stereocenters. The molecule has 0 bridgehead atoms. The molecule has 0 aliphatic carbocycles. The highest BCUT2D eigenvalue weighted by molar-refractivity contribution is 7.89. The molecule has 1 aromatic carbocycles. The molecule has 150 valence electrons. The van der Waals surface area contributed by atoms with E-state index in [0.29, 0.717) is 55.9 Å². The van der Waals surface area contributed by atoms with Crippen molar-refractivity contribution in [3.8, 4) is 11.5 Å². The summed E-state index contributed by atoms with van der Waals surface area (Å²) in [6, 6.07) is 3.20. The minimum atomic E-state index is -3.71. The molecule has 0 saturated carbocycles. The predicted octanol–water partition coefficient (Wildman–Crippen LogP) is 1.47. The molecule has 3 rings (SSSR count). The highest BCUT2D eigenvalue weighted by Crippen LogP contribution is 2.35. The van der Waals surface area contributed by atoms with E-state index in [2.05, 4.69) is 4.99 Å². The lowest BCUT2D eigenvalue weighted by Crippen LogP contribution is -2.41. The van der Waals surface area contributed by atoms with Crippen molar-refractivity contribution >= 4 is 15.9 Å². The van der Waals surface area contributed by atoms with Crippen molar-refractivity contribution in [2.24, 2.45) is 4.99 Å². The molecule has 2 aliphatic rings. The zero-order chi connectivity index (χ0) is 19.7. The van der Waals surface area contributed by atoms with E-state index in [9.17, 15) is 8.42 Å². The van der Waals surface area contributed by atoms with Crippen molar-refractivity contribution in [2.75, 3.05) is 47.1 Å². The summed E-state index contributed by atoms with van der Waals surface area (Å²) in [6.07, 6.45) is 0.267. The van der Waals surface area contributed by atoms with E-state index in [0.717, 1.165) is 0 Å². The van der Waals surface area contributed by atoms with Crippen molar-refractivity contribution in [3.05, 3.63) is 17.7 Å². The second-order valence-electron chi connectivity index (χ2n) is 7.11. The Morgan fingerprint density at radius 2 is 1.78 bits per heavy atom. The van der Waals surface area contributed by atoms with Crippen LogP contribution in [0.15, 0.2) is 22.0 Å². The van der Waals surface area contributed by atoms with E-state index in [1.807, 2.05) is 13.8 Å². The van der Waals surface area contributed by atoms with Gasteiger partial charge in [-0.1, -0.05) is 0 Å². The highest BCUT2D eigenvalue weighted by Gasteiger charge is 2.32. The van der Waals surface area contributed by atoms with E-state index in [-0.39, 0.29) is 16.9 Å². The van der Waals surface area contributed by atoms with E-state index >= 15 is 0 Å². The van der Waals surface area contributed by atoms with Crippen molar-refractivity contribution < 1.29 is 27.4 Å². The molecule has 0 aromatic heterocycles. The fraction of sp³-hybridized carbons (Fsp3) is 0.611. The minimum Gasteiger partial charge on any atom is -0.493 e. The SMILES string of the molecule is COc1cc(CC2=NC(C)(C)CO2)c(S(=O)(=O)N2CCOCC2)cc1OC. The summed E-state index contributed by atoms with van der Waals surface area (Å²) in [5.41, 5.74) is 0.255. The van der Waals surface area contributed by atoms with Crippen molar-refractivity contribution in [1.82, 2.24) is 4.31 Å². The first-order valence-electron chi connectivity index (χ1n) is 8.81. The first-order chi connectivity index (χ1) is 12.8. The Bertz CT molecular complexity index is 828. The second kappa shape index (κ2) is 7.65. The first kappa shape index (κ1) is 19.9. The predicted molar refractivity (Wildman–Crippen MR) is 100 cm³/mol. The second-order valence-corrected chi connectivity index (χ2v) is 9.02. The number of nitrogens with zero attached hydrogens (tertiary/aromatic N) is 2. The maximum absolute atomic E-state index is 13.3. The Labute approximate surface area is 160 Å². The number of benzene rings is 1. The minimum absolute atomic E-state index is 0.179. The fourth-order valence-corrected chi connectivity index (χ4v) is 4.75. The Hall–Kier alpha value is -1.84. The van der Waals surface area contributed by atoms with Gasteiger partial charge in [0.1, 0.15) is 6.61 Å². The molecule has 0 radical (unpaired) electrons. The van der Waals surface area contributed by atoms with Crippen LogP contribution in [0.2, 0.25) is 0 Å². The normalized spacial score (nSPS) is 20.1. The lowest BCUT2D eigenvalue weighted by Gasteiger charge is -2.27. The van der Waals surface area contributed by atoms with Crippen LogP contribution in [0.4, 0.5) is 0 Å². The van der Waals surface area contributed by atoms with E-state index in [4.69, 9.17) is 18.9 Å². The van der Waals surface area contributed by atoms with E-state index < -0.39 is 10.0 Å². The monoisotopic (exact) mass is 398 g/mol. The molecule has 0 amide bonds. The van der Waals surface area contributed by atoms with Crippen molar-refractivity contribution in [1.29, 1.82) is 0 Å². The smallest absolute Gasteiger partial charge is 0.243 e. The van der Waals surface area contributed by atoms with E-state index in [1.165, 1.54) is 24.6 Å².